The lowest BCUT2D eigenvalue weighted by molar-refractivity contribution is -0.139. The minimum absolute atomic E-state index is 0.0418. The lowest BCUT2D eigenvalue weighted by Crippen LogP contribution is -2.41. The number of carboxylic acids is 1. The molecule has 0 unspecified atom stereocenters. The van der Waals surface area contributed by atoms with Crippen molar-refractivity contribution in [3.63, 3.8) is 0 Å². The molecule has 3 atom stereocenters. The third-order valence-electron chi connectivity index (χ3n) is 6.47. The van der Waals surface area contributed by atoms with Gasteiger partial charge in [0.15, 0.2) is 12.2 Å². The van der Waals surface area contributed by atoms with Gasteiger partial charge < -0.3 is 14.3 Å². The summed E-state index contributed by atoms with van der Waals surface area (Å²) in [7, 11) is 1.58. The molecule has 0 aliphatic carbocycles. The Morgan fingerprint density at radius 2 is 2.26 bits per heavy atom. The number of carbonyl (C=O) groups is 1. The molecule has 1 aromatic carbocycles. The normalized spacial score (nSPS) is 19.4. The van der Waals surface area contributed by atoms with E-state index in [-0.39, 0.29) is 18.3 Å². The van der Waals surface area contributed by atoms with E-state index in [1.165, 1.54) is 6.39 Å². The van der Waals surface area contributed by atoms with E-state index in [0.29, 0.717) is 43.0 Å². The fourth-order valence-corrected chi connectivity index (χ4v) is 4.71. The highest BCUT2D eigenvalue weighted by Gasteiger charge is 2.31. The maximum atomic E-state index is 15.4. The van der Waals surface area contributed by atoms with Gasteiger partial charge in [-0.05, 0) is 73.4 Å². The first kappa shape index (κ1) is 23.7. The van der Waals surface area contributed by atoms with Crippen LogP contribution in [0.2, 0.25) is 0 Å². The molecule has 1 N–H and O–H groups in total. The van der Waals surface area contributed by atoms with Crippen molar-refractivity contribution in [2.75, 3.05) is 26.7 Å². The topological polar surface area (TPSA) is 88.7 Å². The van der Waals surface area contributed by atoms with Gasteiger partial charge in [0.05, 0.1) is 25.4 Å². The van der Waals surface area contributed by atoms with E-state index in [4.69, 9.17) is 9.15 Å². The third kappa shape index (κ3) is 5.91. The highest BCUT2D eigenvalue weighted by atomic mass is 19.1. The van der Waals surface area contributed by atoms with Crippen LogP contribution >= 0.6 is 0 Å². The molecule has 4 rings (SSSR count). The average molecular weight is 466 g/mol. The van der Waals surface area contributed by atoms with Crippen molar-refractivity contribution in [3.8, 4) is 17.6 Å². The molecule has 2 aromatic heterocycles. The summed E-state index contributed by atoms with van der Waals surface area (Å²) in [6, 6.07) is 7.17. The molecular formula is C26H28FN3O4. The number of nitrogens with zero attached hydrogens (tertiary/aromatic N) is 3. The standard InChI is InChI=1S/C26H28FN3O4/c1-33-20-5-7-25-23(14-20)22(8-10-29-25)24(27)6-4-18-9-12-30(16-19(18)13-26(31)32)11-2-3-21-15-28-17-34-21/h5,7-8,10,14-15,17-19,24H,4,6,9,11-13,16H2,1H3,(H,31,32)/t18-,19+,24+/m1/s1. The van der Waals surface area contributed by atoms with Crippen molar-refractivity contribution in [2.24, 2.45) is 11.8 Å². The Balaban J connectivity index is 1.39. The fourth-order valence-electron chi connectivity index (χ4n) is 4.71. The quantitative estimate of drug-likeness (QED) is 0.491. The third-order valence-corrected chi connectivity index (χ3v) is 6.47. The van der Waals surface area contributed by atoms with Crippen LogP contribution in [0.3, 0.4) is 0 Å². The number of rotatable bonds is 8. The van der Waals surface area contributed by atoms with Gasteiger partial charge in [0.1, 0.15) is 11.9 Å². The molecule has 0 spiro atoms. The van der Waals surface area contributed by atoms with Gasteiger partial charge in [-0.3, -0.25) is 14.7 Å². The first-order chi connectivity index (χ1) is 16.5. The van der Waals surface area contributed by atoms with E-state index in [0.717, 1.165) is 23.9 Å². The van der Waals surface area contributed by atoms with E-state index in [9.17, 15) is 9.90 Å². The Morgan fingerprint density at radius 1 is 1.38 bits per heavy atom. The van der Waals surface area contributed by atoms with Crippen molar-refractivity contribution in [1.82, 2.24) is 14.9 Å². The van der Waals surface area contributed by atoms with Gasteiger partial charge in [-0.25, -0.2) is 9.37 Å². The highest BCUT2D eigenvalue weighted by molar-refractivity contribution is 5.83. The lowest BCUT2D eigenvalue weighted by atomic mass is 9.79. The SMILES string of the molecule is COc1ccc2nccc([C@@H](F)CC[C@@H]3CCN(CC#Cc4cnco4)C[C@@H]3CC(=O)O)c2c1. The number of aliphatic carboxylic acids is 1. The Morgan fingerprint density at radius 3 is 3.03 bits per heavy atom. The van der Waals surface area contributed by atoms with Crippen LogP contribution in [0.5, 0.6) is 5.75 Å². The maximum Gasteiger partial charge on any atom is 0.303 e. The molecule has 1 fully saturated rings. The molecule has 0 amide bonds. The number of alkyl halides is 1. The zero-order chi connectivity index (χ0) is 23.9. The number of aromatic nitrogens is 2. The van der Waals surface area contributed by atoms with Gasteiger partial charge in [-0.15, -0.1) is 0 Å². The number of oxazole rings is 1. The second kappa shape index (κ2) is 11.1. The molecule has 0 radical (unpaired) electrons. The van der Waals surface area contributed by atoms with Gasteiger partial charge in [0, 0.05) is 24.5 Å². The van der Waals surface area contributed by atoms with Crippen molar-refractivity contribution in [1.29, 1.82) is 0 Å². The van der Waals surface area contributed by atoms with Crippen LogP contribution in [0.4, 0.5) is 4.39 Å². The summed E-state index contributed by atoms with van der Waals surface area (Å²) in [5.74, 6) is 6.43. The fraction of sp³-hybridized carbons (Fsp3) is 0.423. The molecule has 7 nitrogen and oxygen atoms in total. The van der Waals surface area contributed by atoms with Crippen molar-refractivity contribution in [2.45, 2.75) is 31.9 Å². The number of hydrogen-bond donors (Lipinski definition) is 1. The summed E-state index contributed by atoms with van der Waals surface area (Å²) in [5.41, 5.74) is 1.32. The number of benzene rings is 1. The van der Waals surface area contributed by atoms with Gasteiger partial charge >= 0.3 is 5.97 Å². The molecule has 1 saturated heterocycles. The summed E-state index contributed by atoms with van der Waals surface area (Å²) in [4.78, 5) is 21.8. The number of hydrogen-bond acceptors (Lipinski definition) is 6. The molecule has 178 valence electrons. The largest absolute Gasteiger partial charge is 0.497 e. The summed E-state index contributed by atoms with van der Waals surface area (Å²) in [6.07, 6.45) is 5.22. The molecular weight excluding hydrogens is 437 g/mol. The lowest BCUT2D eigenvalue weighted by Gasteiger charge is -2.37. The van der Waals surface area contributed by atoms with Crippen LogP contribution in [0.15, 0.2) is 47.5 Å². The smallest absolute Gasteiger partial charge is 0.303 e. The van der Waals surface area contributed by atoms with Gasteiger partial charge in [0.25, 0.3) is 0 Å². The molecule has 1 aliphatic heterocycles. The average Bonchev–Trinajstić information content (AvgIpc) is 3.36. The second-order valence-corrected chi connectivity index (χ2v) is 8.64. The number of halogens is 1. The zero-order valence-corrected chi connectivity index (χ0v) is 19.1. The van der Waals surface area contributed by atoms with Gasteiger partial charge in [-0.1, -0.05) is 5.92 Å². The van der Waals surface area contributed by atoms with Gasteiger partial charge in [-0.2, -0.15) is 0 Å². The van der Waals surface area contributed by atoms with Crippen LogP contribution in [0.1, 0.15) is 43.2 Å². The predicted molar refractivity (Wildman–Crippen MR) is 125 cm³/mol. The van der Waals surface area contributed by atoms with Crippen LogP contribution in [0.25, 0.3) is 10.9 Å². The minimum Gasteiger partial charge on any atom is -0.497 e. The Kier molecular flexibility index (Phi) is 7.76. The molecule has 1 aliphatic rings. The number of ether oxygens (including phenoxy) is 1. The number of likely N-dealkylation sites (tertiary alicyclic amines) is 1. The van der Waals surface area contributed by atoms with E-state index < -0.39 is 12.1 Å². The van der Waals surface area contributed by atoms with Crippen molar-refractivity contribution >= 4 is 16.9 Å². The first-order valence-corrected chi connectivity index (χ1v) is 11.4. The Bertz CT molecular complexity index is 1170. The summed E-state index contributed by atoms with van der Waals surface area (Å²) < 4.78 is 25.8. The predicted octanol–water partition coefficient (Wildman–Crippen LogP) is 4.49. The number of pyridine rings is 1. The van der Waals surface area contributed by atoms with Crippen LogP contribution in [-0.4, -0.2) is 52.7 Å². The van der Waals surface area contributed by atoms with E-state index in [1.54, 1.807) is 25.6 Å². The van der Waals surface area contributed by atoms with Crippen molar-refractivity contribution in [3.05, 3.63) is 54.4 Å². The Hall–Kier alpha value is -3.44. The van der Waals surface area contributed by atoms with Crippen molar-refractivity contribution < 1.29 is 23.4 Å². The summed E-state index contributed by atoms with van der Waals surface area (Å²) in [6.45, 7) is 1.96. The van der Waals surface area contributed by atoms with Crippen LogP contribution in [0, 0.1) is 23.7 Å². The van der Waals surface area contributed by atoms with E-state index in [2.05, 4.69) is 26.7 Å². The second-order valence-electron chi connectivity index (χ2n) is 8.64. The highest BCUT2D eigenvalue weighted by Crippen LogP contribution is 2.36. The maximum absolute atomic E-state index is 15.4. The minimum atomic E-state index is -1.16. The number of carboxylic acid groups (broad SMARTS) is 1. The molecule has 0 bridgehead atoms. The zero-order valence-electron chi connectivity index (χ0n) is 19.1. The molecule has 3 aromatic rings. The monoisotopic (exact) mass is 465 g/mol. The molecule has 0 saturated carbocycles. The number of piperidine rings is 1. The Labute approximate surface area is 198 Å². The van der Waals surface area contributed by atoms with E-state index in [1.807, 2.05) is 18.2 Å². The summed E-state index contributed by atoms with van der Waals surface area (Å²) >= 11 is 0. The van der Waals surface area contributed by atoms with Crippen LogP contribution < -0.4 is 4.74 Å². The van der Waals surface area contributed by atoms with Crippen LogP contribution in [-0.2, 0) is 4.79 Å². The molecule has 3 heterocycles. The summed E-state index contributed by atoms with van der Waals surface area (Å²) in [5, 5.41) is 10.2. The number of fused-ring (bicyclic) bond motifs is 1. The molecule has 8 heteroatoms. The number of methoxy groups -OCH3 is 1. The van der Waals surface area contributed by atoms with Gasteiger partial charge in [0.2, 0.25) is 0 Å². The van der Waals surface area contributed by atoms with E-state index >= 15 is 4.39 Å². The first-order valence-electron chi connectivity index (χ1n) is 11.4. The molecule has 34 heavy (non-hydrogen) atoms.